The van der Waals surface area contributed by atoms with Crippen molar-refractivity contribution in [3.8, 4) is 0 Å². The highest BCUT2D eigenvalue weighted by atomic mass is 16.2. The molecular formula is C18H29N5O. The number of amides is 1. The normalized spacial score (nSPS) is 11.0. The summed E-state index contributed by atoms with van der Waals surface area (Å²) >= 11 is 0. The Labute approximate surface area is 145 Å². The molecule has 0 spiro atoms. The van der Waals surface area contributed by atoms with Crippen molar-refractivity contribution in [3.63, 3.8) is 0 Å². The average molecular weight is 331 g/mol. The van der Waals surface area contributed by atoms with Crippen LogP contribution in [-0.4, -0.2) is 70.0 Å². The Balaban J connectivity index is 2.85. The van der Waals surface area contributed by atoms with Crippen molar-refractivity contribution in [1.82, 2.24) is 15.1 Å². The number of carbonyl (C=O) groups excluding carboxylic acids is 1. The fraction of sp³-hybridized carbons (Fsp3) is 0.444. The van der Waals surface area contributed by atoms with Crippen LogP contribution in [0, 0.1) is 0 Å². The molecule has 0 aromatic heterocycles. The van der Waals surface area contributed by atoms with Crippen molar-refractivity contribution < 1.29 is 4.79 Å². The predicted octanol–water partition coefficient (Wildman–Crippen LogP) is 1.40. The van der Waals surface area contributed by atoms with Crippen molar-refractivity contribution in [2.75, 3.05) is 53.2 Å². The lowest BCUT2D eigenvalue weighted by Crippen LogP contribution is -2.39. The van der Waals surface area contributed by atoms with Gasteiger partial charge >= 0.3 is 0 Å². The van der Waals surface area contributed by atoms with Gasteiger partial charge in [-0.2, -0.15) is 0 Å². The minimum atomic E-state index is -0.0316. The molecule has 1 aromatic carbocycles. The molecule has 0 unspecified atom stereocenters. The topological polar surface area (TPSA) is 51.2 Å². The fourth-order valence-electron chi connectivity index (χ4n) is 2.04. The molecule has 24 heavy (non-hydrogen) atoms. The number of guanidine groups is 1. The average Bonchev–Trinajstić information content (AvgIpc) is 2.54. The first-order valence-corrected chi connectivity index (χ1v) is 7.92. The Morgan fingerprint density at radius 3 is 2.54 bits per heavy atom. The van der Waals surface area contributed by atoms with E-state index in [2.05, 4.69) is 40.0 Å². The van der Waals surface area contributed by atoms with Gasteiger partial charge in [-0.25, -0.2) is 4.99 Å². The Hall–Kier alpha value is -2.50. The molecular weight excluding hydrogens is 302 g/mol. The number of hydrogen-bond donors (Lipinski definition) is 1. The summed E-state index contributed by atoms with van der Waals surface area (Å²) in [6.45, 7) is 5.12. The van der Waals surface area contributed by atoms with E-state index >= 15 is 0 Å². The van der Waals surface area contributed by atoms with Crippen LogP contribution in [0.15, 0.2) is 41.9 Å². The van der Waals surface area contributed by atoms with Crippen LogP contribution in [0.2, 0.25) is 0 Å². The van der Waals surface area contributed by atoms with Crippen LogP contribution >= 0.6 is 0 Å². The highest BCUT2D eigenvalue weighted by Crippen LogP contribution is 2.14. The number of benzene rings is 1. The number of aliphatic imine (C=N–C) groups is 1. The lowest BCUT2D eigenvalue weighted by Gasteiger charge is -2.23. The van der Waals surface area contributed by atoms with Gasteiger partial charge in [-0.3, -0.25) is 4.79 Å². The highest BCUT2D eigenvalue weighted by Gasteiger charge is 2.09. The van der Waals surface area contributed by atoms with E-state index in [4.69, 9.17) is 0 Å². The number of nitrogens with one attached hydrogen (secondary N) is 1. The van der Waals surface area contributed by atoms with Gasteiger partial charge in [0.2, 0.25) is 5.91 Å². The molecule has 1 rings (SSSR count). The third kappa shape index (κ3) is 6.32. The minimum absolute atomic E-state index is 0.0316. The molecule has 0 bridgehead atoms. The van der Waals surface area contributed by atoms with Gasteiger partial charge in [0.05, 0.1) is 0 Å². The van der Waals surface area contributed by atoms with Crippen molar-refractivity contribution in [1.29, 1.82) is 0 Å². The lowest BCUT2D eigenvalue weighted by molar-refractivity contribution is -0.127. The molecule has 6 heteroatoms. The van der Waals surface area contributed by atoms with Gasteiger partial charge in [0.25, 0.3) is 0 Å². The van der Waals surface area contributed by atoms with Gasteiger partial charge in [0.15, 0.2) is 5.96 Å². The molecule has 132 valence electrons. The van der Waals surface area contributed by atoms with Gasteiger partial charge in [0, 0.05) is 54.0 Å². The summed E-state index contributed by atoms with van der Waals surface area (Å²) < 4.78 is 0. The summed E-state index contributed by atoms with van der Waals surface area (Å²) in [5.41, 5.74) is 2.33. The van der Waals surface area contributed by atoms with Gasteiger partial charge < -0.3 is 20.0 Å². The predicted molar refractivity (Wildman–Crippen MR) is 101 cm³/mol. The second kappa shape index (κ2) is 9.60. The highest BCUT2D eigenvalue weighted by molar-refractivity contribution is 5.84. The van der Waals surface area contributed by atoms with E-state index in [0.29, 0.717) is 19.0 Å². The number of anilines is 1. The number of hydrogen-bond acceptors (Lipinski definition) is 3. The lowest BCUT2D eigenvalue weighted by atomic mass is 10.2. The number of rotatable bonds is 7. The summed E-state index contributed by atoms with van der Waals surface area (Å²) in [6, 6.07) is 8.35. The maximum Gasteiger partial charge on any atom is 0.243 e. The van der Waals surface area contributed by atoms with Crippen LogP contribution in [0.4, 0.5) is 5.69 Å². The summed E-state index contributed by atoms with van der Waals surface area (Å²) in [4.78, 5) is 21.8. The molecule has 6 nitrogen and oxygen atoms in total. The van der Waals surface area contributed by atoms with Gasteiger partial charge in [-0.15, -0.1) is 6.58 Å². The standard InChI is InChI=1S/C18H29N5O/c1-7-11-19-18(20-13-17(24)22(4)5)23(6)14-15-9-8-10-16(12-15)21(2)3/h7-10,12H,1,11,13-14H2,2-6H3,(H,19,20). The minimum Gasteiger partial charge on any atom is -0.378 e. The maximum atomic E-state index is 11.8. The zero-order valence-electron chi connectivity index (χ0n) is 15.4. The van der Waals surface area contributed by atoms with E-state index in [1.807, 2.05) is 32.1 Å². The third-order valence-corrected chi connectivity index (χ3v) is 3.48. The molecule has 0 fully saturated rings. The van der Waals surface area contributed by atoms with E-state index in [-0.39, 0.29) is 12.5 Å². The van der Waals surface area contributed by atoms with Crippen LogP contribution in [0.3, 0.4) is 0 Å². The monoisotopic (exact) mass is 331 g/mol. The van der Waals surface area contributed by atoms with E-state index in [1.54, 1.807) is 20.2 Å². The second-order valence-electron chi connectivity index (χ2n) is 6.02. The summed E-state index contributed by atoms with van der Waals surface area (Å²) in [5.74, 6) is 0.649. The first-order chi connectivity index (χ1) is 11.3. The van der Waals surface area contributed by atoms with E-state index < -0.39 is 0 Å². The van der Waals surface area contributed by atoms with Crippen LogP contribution < -0.4 is 10.2 Å². The van der Waals surface area contributed by atoms with Crippen LogP contribution in [0.25, 0.3) is 0 Å². The van der Waals surface area contributed by atoms with Crippen molar-refractivity contribution in [2.45, 2.75) is 6.54 Å². The Bertz CT molecular complexity index is 581. The second-order valence-corrected chi connectivity index (χ2v) is 6.02. The van der Waals surface area contributed by atoms with Crippen molar-refractivity contribution in [3.05, 3.63) is 42.5 Å². The molecule has 0 saturated heterocycles. The molecule has 0 saturated carbocycles. The first-order valence-electron chi connectivity index (χ1n) is 7.92. The SMILES string of the molecule is C=CCNC(=NCC(=O)N(C)C)N(C)Cc1cccc(N(C)C)c1. The van der Waals surface area contributed by atoms with Gasteiger partial charge in [0.1, 0.15) is 6.54 Å². The Morgan fingerprint density at radius 1 is 1.25 bits per heavy atom. The van der Waals surface area contributed by atoms with Crippen LogP contribution in [0.1, 0.15) is 5.56 Å². The summed E-state index contributed by atoms with van der Waals surface area (Å²) in [6.07, 6.45) is 1.77. The van der Waals surface area contributed by atoms with E-state index in [0.717, 1.165) is 5.69 Å². The largest absolute Gasteiger partial charge is 0.378 e. The van der Waals surface area contributed by atoms with Crippen molar-refractivity contribution >= 4 is 17.6 Å². The molecule has 1 N–H and O–H groups in total. The Morgan fingerprint density at radius 2 is 1.96 bits per heavy atom. The fourth-order valence-corrected chi connectivity index (χ4v) is 2.04. The number of likely N-dealkylation sites (N-methyl/N-ethyl adjacent to an activating group) is 1. The molecule has 0 heterocycles. The third-order valence-electron chi connectivity index (χ3n) is 3.48. The first kappa shape index (κ1) is 19.5. The summed E-state index contributed by atoms with van der Waals surface area (Å²) in [7, 11) is 9.45. The molecule has 1 amide bonds. The van der Waals surface area contributed by atoms with Gasteiger partial charge in [-0.1, -0.05) is 18.2 Å². The molecule has 1 aromatic rings. The Kier molecular flexibility index (Phi) is 7.82. The van der Waals surface area contributed by atoms with Crippen molar-refractivity contribution in [2.24, 2.45) is 4.99 Å². The molecule has 0 atom stereocenters. The zero-order valence-corrected chi connectivity index (χ0v) is 15.4. The summed E-state index contributed by atoms with van der Waals surface area (Å²) in [5, 5.41) is 3.20. The maximum absolute atomic E-state index is 11.8. The molecule has 0 aliphatic heterocycles. The van der Waals surface area contributed by atoms with Crippen LogP contribution in [0.5, 0.6) is 0 Å². The van der Waals surface area contributed by atoms with E-state index in [1.165, 1.54) is 10.5 Å². The van der Waals surface area contributed by atoms with Crippen LogP contribution in [-0.2, 0) is 11.3 Å². The van der Waals surface area contributed by atoms with E-state index in [9.17, 15) is 4.79 Å². The number of nitrogens with zero attached hydrogens (tertiary/aromatic N) is 4. The zero-order chi connectivity index (χ0) is 18.1. The quantitative estimate of drug-likeness (QED) is 0.466. The molecule has 0 aliphatic rings. The number of carbonyl (C=O) groups is 1. The van der Waals surface area contributed by atoms with Gasteiger partial charge in [-0.05, 0) is 17.7 Å². The molecule has 0 aliphatic carbocycles. The molecule has 0 radical (unpaired) electrons. The smallest absolute Gasteiger partial charge is 0.243 e.